The second-order valence-corrected chi connectivity index (χ2v) is 9.37. The van der Waals surface area contributed by atoms with Gasteiger partial charge >= 0.3 is 0 Å². The van der Waals surface area contributed by atoms with E-state index >= 15 is 0 Å². The zero-order valence-electron chi connectivity index (χ0n) is 17.0. The number of nitrogens with zero attached hydrogens (tertiary/aromatic N) is 1. The minimum Gasteiger partial charge on any atom is -0.355 e. The maximum absolute atomic E-state index is 13.0. The lowest BCUT2D eigenvalue weighted by Crippen LogP contribution is -2.45. The lowest BCUT2D eigenvalue weighted by molar-refractivity contribution is -0.126. The van der Waals surface area contributed by atoms with E-state index < -0.39 is 10.0 Å². The Kier molecular flexibility index (Phi) is 7.23. The van der Waals surface area contributed by atoms with Crippen molar-refractivity contribution in [3.63, 3.8) is 0 Å². The van der Waals surface area contributed by atoms with E-state index in [9.17, 15) is 18.0 Å². The van der Waals surface area contributed by atoms with Gasteiger partial charge in [-0.15, -0.1) is 0 Å². The van der Waals surface area contributed by atoms with Crippen LogP contribution in [0.1, 0.15) is 25.3 Å². The van der Waals surface area contributed by atoms with Gasteiger partial charge in [-0.1, -0.05) is 30.3 Å². The summed E-state index contributed by atoms with van der Waals surface area (Å²) < 4.78 is 27.4. The zero-order chi connectivity index (χ0) is 21.6. The number of amides is 2. The molecule has 2 N–H and O–H groups in total. The van der Waals surface area contributed by atoms with Crippen molar-refractivity contribution in [2.24, 2.45) is 5.92 Å². The molecular formula is C22H27N3O4S. The van der Waals surface area contributed by atoms with Crippen LogP contribution in [0.25, 0.3) is 0 Å². The molecule has 1 saturated heterocycles. The van der Waals surface area contributed by atoms with Crippen molar-refractivity contribution in [3.8, 4) is 0 Å². The van der Waals surface area contributed by atoms with Gasteiger partial charge in [0.05, 0.1) is 10.8 Å². The molecule has 1 aliphatic heterocycles. The summed E-state index contributed by atoms with van der Waals surface area (Å²) in [6.45, 7) is 2.48. The van der Waals surface area contributed by atoms with Gasteiger partial charge in [0.15, 0.2) is 0 Å². The number of hydrogen-bond donors (Lipinski definition) is 2. The number of rotatable bonds is 7. The van der Waals surface area contributed by atoms with Crippen molar-refractivity contribution in [3.05, 3.63) is 60.2 Å². The highest BCUT2D eigenvalue weighted by atomic mass is 32.2. The van der Waals surface area contributed by atoms with Crippen molar-refractivity contribution in [1.29, 1.82) is 0 Å². The van der Waals surface area contributed by atoms with Crippen molar-refractivity contribution in [1.82, 2.24) is 9.62 Å². The summed E-state index contributed by atoms with van der Waals surface area (Å²) in [5, 5.41) is 5.55. The fourth-order valence-electron chi connectivity index (χ4n) is 3.56. The summed E-state index contributed by atoms with van der Waals surface area (Å²) in [6, 6.07) is 16.0. The standard InChI is InChI=1S/C22H27N3O4S/c1-17(26)24-20-9-11-21(12-10-20)30(28,29)25-15-5-8-19(16-25)22(27)23-14-13-18-6-3-2-4-7-18/h2-4,6-7,9-12,19H,5,8,13-16H2,1H3,(H,23,27)(H,24,26)/t19-/m0/s1. The molecule has 3 rings (SSSR count). The SMILES string of the molecule is CC(=O)Nc1ccc(S(=O)(=O)N2CCC[C@H](C(=O)NCCc3ccccc3)C2)cc1. The molecule has 0 spiro atoms. The van der Waals surface area contributed by atoms with Gasteiger partial charge in [-0.3, -0.25) is 9.59 Å². The zero-order valence-corrected chi connectivity index (χ0v) is 17.8. The molecule has 1 fully saturated rings. The molecule has 8 heteroatoms. The minimum atomic E-state index is -3.70. The van der Waals surface area contributed by atoms with Gasteiger partial charge in [0.1, 0.15) is 0 Å². The monoisotopic (exact) mass is 429 g/mol. The van der Waals surface area contributed by atoms with Gasteiger partial charge in [-0.25, -0.2) is 8.42 Å². The largest absolute Gasteiger partial charge is 0.355 e. The fraction of sp³-hybridized carbons (Fsp3) is 0.364. The van der Waals surface area contributed by atoms with Crippen LogP contribution in [0.15, 0.2) is 59.5 Å². The van der Waals surface area contributed by atoms with Gasteiger partial charge in [0, 0.05) is 32.2 Å². The lowest BCUT2D eigenvalue weighted by atomic mass is 9.99. The van der Waals surface area contributed by atoms with Crippen LogP contribution in [0.4, 0.5) is 5.69 Å². The summed E-state index contributed by atoms with van der Waals surface area (Å²) in [5.41, 5.74) is 1.68. The summed E-state index contributed by atoms with van der Waals surface area (Å²) in [7, 11) is -3.70. The van der Waals surface area contributed by atoms with E-state index in [0.717, 1.165) is 12.0 Å². The molecule has 2 amide bonds. The molecule has 2 aromatic rings. The molecule has 1 heterocycles. The first kappa shape index (κ1) is 22.0. The van der Waals surface area contributed by atoms with E-state index in [1.54, 1.807) is 12.1 Å². The topological polar surface area (TPSA) is 95.6 Å². The molecule has 1 atom stereocenters. The van der Waals surface area contributed by atoms with Crippen LogP contribution in [-0.2, 0) is 26.0 Å². The predicted octanol–water partition coefficient (Wildman–Crippen LogP) is 2.40. The molecule has 2 aromatic carbocycles. The molecule has 0 saturated carbocycles. The number of piperidine rings is 1. The van der Waals surface area contributed by atoms with Crippen LogP contribution in [0.5, 0.6) is 0 Å². The Bertz CT molecular complexity index is 975. The Hall–Kier alpha value is -2.71. The Labute approximate surface area is 177 Å². The molecule has 0 radical (unpaired) electrons. The molecule has 7 nitrogen and oxygen atoms in total. The van der Waals surface area contributed by atoms with E-state index in [1.807, 2.05) is 30.3 Å². The maximum Gasteiger partial charge on any atom is 0.243 e. The number of anilines is 1. The molecule has 160 valence electrons. The Morgan fingerprint density at radius 2 is 1.77 bits per heavy atom. The number of nitrogens with one attached hydrogen (secondary N) is 2. The van der Waals surface area contributed by atoms with E-state index in [1.165, 1.54) is 23.4 Å². The quantitative estimate of drug-likeness (QED) is 0.707. The summed E-state index contributed by atoms with van der Waals surface area (Å²) in [4.78, 5) is 23.8. The fourth-order valence-corrected chi connectivity index (χ4v) is 5.08. The lowest BCUT2D eigenvalue weighted by Gasteiger charge is -2.31. The average molecular weight is 430 g/mol. The third kappa shape index (κ3) is 5.67. The highest BCUT2D eigenvalue weighted by Gasteiger charge is 2.33. The predicted molar refractivity (Wildman–Crippen MR) is 115 cm³/mol. The van der Waals surface area contributed by atoms with Crippen molar-refractivity contribution in [2.45, 2.75) is 31.1 Å². The first-order chi connectivity index (χ1) is 14.4. The molecule has 0 bridgehead atoms. The molecule has 0 aliphatic carbocycles. The highest BCUT2D eigenvalue weighted by Crippen LogP contribution is 2.25. The second-order valence-electron chi connectivity index (χ2n) is 7.43. The third-order valence-corrected chi connectivity index (χ3v) is 7.00. The molecule has 0 aromatic heterocycles. The Morgan fingerprint density at radius 1 is 1.07 bits per heavy atom. The number of benzene rings is 2. The van der Waals surface area contributed by atoms with Crippen LogP contribution < -0.4 is 10.6 Å². The van der Waals surface area contributed by atoms with Crippen LogP contribution in [-0.4, -0.2) is 44.2 Å². The van der Waals surface area contributed by atoms with Crippen molar-refractivity contribution in [2.75, 3.05) is 25.0 Å². The normalized spacial score (nSPS) is 17.3. The second kappa shape index (κ2) is 9.86. The first-order valence-electron chi connectivity index (χ1n) is 10.1. The Balaban J connectivity index is 1.58. The average Bonchev–Trinajstić information content (AvgIpc) is 2.74. The number of carbonyl (C=O) groups is 2. The summed E-state index contributed by atoms with van der Waals surface area (Å²) in [5.74, 6) is -0.683. The minimum absolute atomic E-state index is 0.105. The molecule has 0 unspecified atom stereocenters. The summed E-state index contributed by atoms with van der Waals surface area (Å²) >= 11 is 0. The number of carbonyl (C=O) groups excluding carboxylic acids is 2. The number of sulfonamides is 1. The smallest absolute Gasteiger partial charge is 0.243 e. The van der Waals surface area contributed by atoms with Gasteiger partial charge in [-0.2, -0.15) is 4.31 Å². The van der Waals surface area contributed by atoms with Gasteiger partial charge in [0.25, 0.3) is 0 Å². The van der Waals surface area contributed by atoms with Crippen LogP contribution in [0, 0.1) is 5.92 Å². The Morgan fingerprint density at radius 3 is 2.43 bits per heavy atom. The first-order valence-corrected chi connectivity index (χ1v) is 11.5. The van der Waals surface area contributed by atoms with Crippen LogP contribution in [0.2, 0.25) is 0 Å². The van der Waals surface area contributed by atoms with E-state index in [2.05, 4.69) is 10.6 Å². The summed E-state index contributed by atoms with van der Waals surface area (Å²) in [6.07, 6.45) is 2.05. The van der Waals surface area contributed by atoms with E-state index in [-0.39, 0.29) is 29.2 Å². The van der Waals surface area contributed by atoms with E-state index in [0.29, 0.717) is 31.6 Å². The maximum atomic E-state index is 13.0. The van der Waals surface area contributed by atoms with Gasteiger partial charge in [-0.05, 0) is 49.1 Å². The number of hydrogen-bond acceptors (Lipinski definition) is 4. The third-order valence-electron chi connectivity index (χ3n) is 5.12. The van der Waals surface area contributed by atoms with Gasteiger partial charge < -0.3 is 10.6 Å². The van der Waals surface area contributed by atoms with Crippen molar-refractivity contribution >= 4 is 27.5 Å². The van der Waals surface area contributed by atoms with Crippen LogP contribution in [0.3, 0.4) is 0 Å². The molecule has 1 aliphatic rings. The highest BCUT2D eigenvalue weighted by molar-refractivity contribution is 7.89. The molecular weight excluding hydrogens is 402 g/mol. The van der Waals surface area contributed by atoms with E-state index in [4.69, 9.17) is 0 Å². The van der Waals surface area contributed by atoms with Crippen LogP contribution >= 0.6 is 0 Å². The molecule has 30 heavy (non-hydrogen) atoms. The van der Waals surface area contributed by atoms with Gasteiger partial charge in [0.2, 0.25) is 21.8 Å². The van der Waals surface area contributed by atoms with Crippen molar-refractivity contribution < 1.29 is 18.0 Å².